The van der Waals surface area contributed by atoms with E-state index in [-0.39, 0.29) is 5.82 Å². The minimum Gasteiger partial charge on any atom is -0.383 e. The van der Waals surface area contributed by atoms with Gasteiger partial charge in [0, 0.05) is 23.5 Å². The van der Waals surface area contributed by atoms with Crippen molar-refractivity contribution in [3.8, 4) is 0 Å². The second kappa shape index (κ2) is 9.82. The number of hydrogen-bond donors (Lipinski definition) is 3. The van der Waals surface area contributed by atoms with E-state index in [9.17, 15) is 9.50 Å². The van der Waals surface area contributed by atoms with E-state index in [4.69, 9.17) is 0 Å². The predicted octanol–water partition coefficient (Wildman–Crippen LogP) is 2.91. The van der Waals surface area contributed by atoms with Gasteiger partial charge in [0.2, 0.25) is 0 Å². The largest absolute Gasteiger partial charge is 0.383 e. The minimum atomic E-state index is -0.973. The highest BCUT2D eigenvalue weighted by Gasteiger charge is 2.24. The maximum atomic E-state index is 13.9. The van der Waals surface area contributed by atoms with Crippen molar-refractivity contribution >= 4 is 17.3 Å². The third-order valence-corrected chi connectivity index (χ3v) is 5.14. The van der Waals surface area contributed by atoms with Crippen molar-refractivity contribution in [3.63, 3.8) is 0 Å². The van der Waals surface area contributed by atoms with E-state index in [0.717, 1.165) is 10.4 Å². The Morgan fingerprint density at radius 2 is 2.07 bits per heavy atom. The van der Waals surface area contributed by atoms with Gasteiger partial charge in [0.1, 0.15) is 11.4 Å². The van der Waals surface area contributed by atoms with E-state index in [0.29, 0.717) is 37.7 Å². The van der Waals surface area contributed by atoms with Gasteiger partial charge in [-0.25, -0.2) is 9.38 Å². The number of hydrogen-bond acceptors (Lipinski definition) is 4. The van der Waals surface area contributed by atoms with Gasteiger partial charge in [-0.15, -0.1) is 11.3 Å². The summed E-state index contributed by atoms with van der Waals surface area (Å²) in [5.74, 6) is 0.418. The lowest BCUT2D eigenvalue weighted by Gasteiger charge is -2.23. The lowest BCUT2D eigenvalue weighted by atomic mass is 10.1. The summed E-state index contributed by atoms with van der Waals surface area (Å²) in [6.45, 7) is 5.80. The minimum absolute atomic E-state index is 0.201. The molecule has 0 aliphatic rings. The quantitative estimate of drug-likeness (QED) is 0.478. The van der Waals surface area contributed by atoms with Crippen LogP contribution < -0.4 is 10.6 Å². The molecule has 0 bridgehead atoms. The number of aliphatic hydroxyl groups is 1. The molecule has 7 heteroatoms. The van der Waals surface area contributed by atoms with E-state index in [2.05, 4.69) is 15.6 Å². The molecule has 0 amide bonds. The van der Waals surface area contributed by atoms with Gasteiger partial charge in [-0.1, -0.05) is 12.1 Å². The first kappa shape index (κ1) is 21.3. The number of nitrogens with zero attached hydrogens (tertiary/aromatic N) is 2. The number of nitrogens with one attached hydrogen (secondary N) is 2. The number of halogens is 1. The van der Waals surface area contributed by atoms with Gasteiger partial charge >= 0.3 is 0 Å². The van der Waals surface area contributed by atoms with Crippen LogP contribution >= 0.6 is 11.3 Å². The first-order valence-electron chi connectivity index (χ1n) is 9.02. The summed E-state index contributed by atoms with van der Waals surface area (Å²) < 4.78 is 13.9. The maximum Gasteiger partial charge on any atom is 0.191 e. The van der Waals surface area contributed by atoms with Gasteiger partial charge in [0.25, 0.3) is 0 Å². The second-order valence-electron chi connectivity index (χ2n) is 6.96. The van der Waals surface area contributed by atoms with Crippen LogP contribution in [-0.2, 0) is 18.7 Å². The first-order chi connectivity index (χ1) is 12.8. The van der Waals surface area contributed by atoms with Crippen molar-refractivity contribution in [2.24, 2.45) is 4.99 Å². The molecule has 0 aliphatic heterocycles. The molecule has 0 aliphatic carbocycles. The van der Waals surface area contributed by atoms with Crippen LogP contribution in [0.2, 0.25) is 0 Å². The van der Waals surface area contributed by atoms with Crippen molar-refractivity contribution in [3.05, 3.63) is 57.5 Å². The molecule has 3 N–H and O–H groups in total. The normalized spacial score (nSPS) is 14.3. The molecule has 0 saturated heterocycles. The number of benzene rings is 1. The highest BCUT2D eigenvalue weighted by atomic mass is 32.1. The standard InChI is InChI=1S/C20H29FN4OS/c1-5-22-19(24-14-20(2,26)18-7-6-10-27-18)23-12-15-8-9-17(21)16(11-15)13-25(3)4/h6-11,26H,5,12-14H2,1-4H3,(H2,22,23,24). The molecule has 2 rings (SSSR count). The highest BCUT2D eigenvalue weighted by Crippen LogP contribution is 2.24. The molecule has 2 aromatic rings. The van der Waals surface area contributed by atoms with Crippen LogP contribution in [-0.4, -0.2) is 43.2 Å². The van der Waals surface area contributed by atoms with Gasteiger partial charge < -0.3 is 20.6 Å². The van der Waals surface area contributed by atoms with Crippen LogP contribution in [0.4, 0.5) is 4.39 Å². The Bertz CT molecular complexity index is 744. The molecule has 1 aromatic heterocycles. The Morgan fingerprint density at radius 1 is 1.30 bits per heavy atom. The summed E-state index contributed by atoms with van der Waals surface area (Å²) in [5.41, 5.74) is 0.626. The zero-order chi connectivity index (χ0) is 19.9. The van der Waals surface area contributed by atoms with Crippen molar-refractivity contribution in [1.29, 1.82) is 0 Å². The third kappa shape index (κ3) is 6.61. The molecule has 1 atom stereocenters. The zero-order valence-electron chi connectivity index (χ0n) is 16.4. The smallest absolute Gasteiger partial charge is 0.191 e. The summed E-state index contributed by atoms with van der Waals surface area (Å²) in [6.07, 6.45) is 0. The molecule has 0 fully saturated rings. The maximum absolute atomic E-state index is 13.9. The van der Waals surface area contributed by atoms with Crippen LogP contribution in [0.15, 0.2) is 40.7 Å². The molecular weight excluding hydrogens is 363 g/mol. The van der Waals surface area contributed by atoms with Gasteiger partial charge in [-0.2, -0.15) is 0 Å². The molecule has 1 heterocycles. The fourth-order valence-electron chi connectivity index (χ4n) is 2.63. The second-order valence-corrected chi connectivity index (χ2v) is 7.91. The molecule has 5 nitrogen and oxygen atoms in total. The van der Waals surface area contributed by atoms with E-state index in [1.807, 2.05) is 49.5 Å². The Morgan fingerprint density at radius 3 is 2.70 bits per heavy atom. The number of aliphatic imine (C=N–C) groups is 1. The van der Waals surface area contributed by atoms with Crippen LogP contribution in [0.5, 0.6) is 0 Å². The van der Waals surface area contributed by atoms with Crippen LogP contribution in [0.3, 0.4) is 0 Å². The predicted molar refractivity (Wildman–Crippen MR) is 110 cm³/mol. The van der Waals surface area contributed by atoms with Crippen LogP contribution in [0.1, 0.15) is 29.9 Å². The molecule has 148 valence electrons. The van der Waals surface area contributed by atoms with E-state index in [1.54, 1.807) is 13.0 Å². The molecular formula is C20H29FN4OS. The summed E-state index contributed by atoms with van der Waals surface area (Å²) in [7, 11) is 3.83. The third-order valence-electron chi connectivity index (χ3n) is 4.01. The molecule has 0 spiro atoms. The fourth-order valence-corrected chi connectivity index (χ4v) is 3.42. The van der Waals surface area contributed by atoms with Gasteiger partial charge in [0.15, 0.2) is 5.96 Å². The van der Waals surface area contributed by atoms with Crippen molar-refractivity contribution in [2.75, 3.05) is 27.2 Å². The molecule has 27 heavy (non-hydrogen) atoms. The van der Waals surface area contributed by atoms with E-state index < -0.39 is 5.60 Å². The average molecular weight is 393 g/mol. The van der Waals surface area contributed by atoms with Gasteiger partial charge in [-0.3, -0.25) is 0 Å². The molecule has 1 aromatic carbocycles. The van der Waals surface area contributed by atoms with Gasteiger partial charge in [0.05, 0.1) is 13.1 Å². The van der Waals surface area contributed by atoms with E-state index in [1.165, 1.54) is 17.4 Å². The Kier molecular flexibility index (Phi) is 7.77. The SMILES string of the molecule is CCNC(=NCc1ccc(F)c(CN(C)C)c1)NCC(C)(O)c1cccs1. The average Bonchev–Trinajstić information content (AvgIpc) is 3.15. The number of thiophene rings is 1. The Hall–Kier alpha value is -1.96. The van der Waals surface area contributed by atoms with E-state index >= 15 is 0 Å². The highest BCUT2D eigenvalue weighted by molar-refractivity contribution is 7.10. The summed E-state index contributed by atoms with van der Waals surface area (Å²) in [6, 6.07) is 8.94. The topological polar surface area (TPSA) is 59.9 Å². The lowest BCUT2D eigenvalue weighted by Crippen LogP contribution is -2.44. The summed E-state index contributed by atoms with van der Waals surface area (Å²) in [4.78, 5) is 7.40. The van der Waals surface area contributed by atoms with Gasteiger partial charge in [-0.05, 0) is 57.1 Å². The first-order valence-corrected chi connectivity index (χ1v) is 9.90. The molecule has 0 radical (unpaired) electrons. The molecule has 0 saturated carbocycles. The fraction of sp³-hybridized carbons (Fsp3) is 0.450. The Labute approximate surface area is 164 Å². The number of guanidine groups is 1. The summed E-state index contributed by atoms with van der Waals surface area (Å²) >= 11 is 1.52. The van der Waals surface area contributed by atoms with Crippen LogP contribution in [0.25, 0.3) is 0 Å². The zero-order valence-corrected chi connectivity index (χ0v) is 17.2. The van der Waals surface area contributed by atoms with Crippen molar-refractivity contribution in [1.82, 2.24) is 15.5 Å². The lowest BCUT2D eigenvalue weighted by molar-refractivity contribution is 0.0655. The van der Waals surface area contributed by atoms with Crippen molar-refractivity contribution < 1.29 is 9.50 Å². The monoisotopic (exact) mass is 392 g/mol. The number of rotatable bonds is 8. The van der Waals surface area contributed by atoms with Crippen LogP contribution in [0, 0.1) is 5.82 Å². The summed E-state index contributed by atoms with van der Waals surface area (Å²) in [5, 5.41) is 19.0. The molecule has 1 unspecified atom stereocenters. The van der Waals surface area contributed by atoms with Crippen molar-refractivity contribution in [2.45, 2.75) is 32.5 Å². The Balaban J connectivity index is 2.05.